The molecule has 0 bridgehead atoms. The molecule has 0 fully saturated rings. The zero-order valence-corrected chi connectivity index (χ0v) is 12.5. The van der Waals surface area contributed by atoms with E-state index in [1.807, 2.05) is 49.5 Å². The van der Waals surface area contributed by atoms with Crippen LogP contribution < -0.4 is 5.32 Å². The van der Waals surface area contributed by atoms with Crippen LogP contribution in [-0.4, -0.2) is 16.7 Å². The fourth-order valence-electron chi connectivity index (χ4n) is 1.27. The highest BCUT2D eigenvalue weighted by Crippen LogP contribution is 1.96. The largest absolute Gasteiger partial charge is 0.372 e. The average molecular weight is 275 g/mol. The lowest BCUT2D eigenvalue weighted by Crippen LogP contribution is -2.42. The molecule has 0 saturated heterocycles. The normalized spacial score (nSPS) is 13.6. The van der Waals surface area contributed by atoms with Crippen molar-refractivity contribution < 1.29 is 9.90 Å². The summed E-state index contributed by atoms with van der Waals surface area (Å²) in [6, 6.07) is 0. The number of carbonyl (C=O) groups excluding carboxylic acids is 1. The molecule has 0 aromatic heterocycles. The summed E-state index contributed by atoms with van der Waals surface area (Å²) in [5.41, 5.74) is -1.18. The number of nitrogens with one attached hydrogen (secondary N) is 1. The Labute approximate surface area is 122 Å². The first kappa shape index (κ1) is 18.1. The van der Waals surface area contributed by atoms with Crippen molar-refractivity contribution in [3.63, 3.8) is 0 Å². The van der Waals surface area contributed by atoms with E-state index in [1.165, 1.54) is 19.9 Å². The molecule has 0 aromatic carbocycles. The van der Waals surface area contributed by atoms with Crippen molar-refractivity contribution in [2.75, 3.05) is 0 Å². The van der Waals surface area contributed by atoms with Gasteiger partial charge in [-0.05, 0) is 33.6 Å². The average Bonchev–Trinajstić information content (AvgIpc) is 2.34. The lowest BCUT2D eigenvalue weighted by atomic mass is 10.2. The quantitative estimate of drug-likeness (QED) is 0.309. The maximum absolute atomic E-state index is 11.3. The van der Waals surface area contributed by atoms with E-state index >= 15 is 0 Å². The second-order valence-corrected chi connectivity index (χ2v) is 4.75. The number of unbranched alkanes of at least 4 members (excludes halogenated alkanes) is 1. The molecule has 0 aliphatic heterocycles. The van der Waals surface area contributed by atoms with Gasteiger partial charge in [0.15, 0.2) is 0 Å². The van der Waals surface area contributed by atoms with Crippen LogP contribution in [-0.2, 0) is 4.79 Å². The summed E-state index contributed by atoms with van der Waals surface area (Å²) in [5.74, 6) is -0.309. The monoisotopic (exact) mass is 275 g/mol. The predicted molar refractivity (Wildman–Crippen MR) is 85.0 cm³/mol. The lowest BCUT2D eigenvalue weighted by Gasteiger charge is -2.17. The van der Waals surface area contributed by atoms with Crippen LogP contribution in [0.25, 0.3) is 0 Å². The van der Waals surface area contributed by atoms with Crippen LogP contribution in [0.3, 0.4) is 0 Å². The van der Waals surface area contributed by atoms with Crippen LogP contribution in [0.4, 0.5) is 0 Å². The van der Waals surface area contributed by atoms with Crippen molar-refractivity contribution in [1.82, 2.24) is 5.32 Å². The zero-order valence-electron chi connectivity index (χ0n) is 12.5. The third kappa shape index (κ3) is 14.2. The molecule has 3 nitrogen and oxygen atoms in total. The second-order valence-electron chi connectivity index (χ2n) is 4.75. The van der Waals surface area contributed by atoms with Crippen molar-refractivity contribution in [2.45, 2.75) is 39.3 Å². The van der Waals surface area contributed by atoms with Crippen molar-refractivity contribution in [3.8, 4) is 0 Å². The highest BCUT2D eigenvalue weighted by Gasteiger charge is 2.12. The molecule has 3 heteroatoms. The summed E-state index contributed by atoms with van der Waals surface area (Å²) in [6.07, 6.45) is 20.8. The summed E-state index contributed by atoms with van der Waals surface area (Å²) >= 11 is 0. The minimum absolute atomic E-state index is 0.309. The Kier molecular flexibility index (Phi) is 9.97. The molecule has 0 aliphatic rings. The minimum Gasteiger partial charge on any atom is -0.372 e. The summed E-state index contributed by atoms with van der Waals surface area (Å²) in [4.78, 5) is 11.3. The summed E-state index contributed by atoms with van der Waals surface area (Å²) in [6.45, 7) is 5.02. The van der Waals surface area contributed by atoms with Crippen molar-refractivity contribution in [1.29, 1.82) is 0 Å². The SMILES string of the molecule is CC=CC=CC=CCCC=CC=CC(=O)NC(C)(C)O. The molecule has 0 aliphatic carbocycles. The van der Waals surface area contributed by atoms with Crippen molar-refractivity contribution in [3.05, 3.63) is 60.8 Å². The highest BCUT2D eigenvalue weighted by molar-refractivity contribution is 5.88. The summed E-state index contributed by atoms with van der Waals surface area (Å²) in [5, 5.41) is 11.8. The number of amides is 1. The van der Waals surface area contributed by atoms with Gasteiger partial charge in [0.1, 0.15) is 5.72 Å². The smallest absolute Gasteiger partial charge is 0.246 e. The summed E-state index contributed by atoms with van der Waals surface area (Å²) in [7, 11) is 0. The summed E-state index contributed by atoms with van der Waals surface area (Å²) < 4.78 is 0. The van der Waals surface area contributed by atoms with Gasteiger partial charge in [-0.2, -0.15) is 0 Å². The number of allylic oxidation sites excluding steroid dienone is 9. The van der Waals surface area contributed by atoms with E-state index in [4.69, 9.17) is 0 Å². The van der Waals surface area contributed by atoms with Crippen LogP contribution in [0.15, 0.2) is 60.8 Å². The first-order valence-electron chi connectivity index (χ1n) is 6.78. The molecule has 0 heterocycles. The Morgan fingerprint density at radius 3 is 2.10 bits per heavy atom. The second kappa shape index (κ2) is 11.0. The third-order valence-electron chi connectivity index (χ3n) is 2.09. The van der Waals surface area contributed by atoms with E-state index in [0.717, 1.165) is 12.8 Å². The lowest BCUT2D eigenvalue weighted by molar-refractivity contribution is -0.122. The molecule has 1 amide bonds. The van der Waals surface area contributed by atoms with E-state index in [2.05, 4.69) is 11.4 Å². The van der Waals surface area contributed by atoms with Gasteiger partial charge in [-0.15, -0.1) is 0 Å². The number of carbonyl (C=O) groups is 1. The third-order valence-corrected chi connectivity index (χ3v) is 2.09. The van der Waals surface area contributed by atoms with Crippen LogP contribution >= 0.6 is 0 Å². The Bertz CT molecular complexity index is 407. The molecule has 0 rings (SSSR count). The highest BCUT2D eigenvalue weighted by atomic mass is 16.3. The van der Waals surface area contributed by atoms with E-state index < -0.39 is 5.72 Å². The fraction of sp³-hybridized carbons (Fsp3) is 0.353. The van der Waals surface area contributed by atoms with Crippen LogP contribution in [0, 0.1) is 0 Å². The standard InChI is InChI=1S/C17H25NO2/c1-4-5-6-7-8-9-10-11-12-13-14-15-16(19)18-17(2,3)20/h4-9,12-15,20H,10-11H2,1-3H3,(H,18,19). The van der Waals surface area contributed by atoms with Crippen molar-refractivity contribution in [2.24, 2.45) is 0 Å². The van der Waals surface area contributed by atoms with E-state index in [-0.39, 0.29) is 5.91 Å². The van der Waals surface area contributed by atoms with Gasteiger partial charge >= 0.3 is 0 Å². The van der Waals surface area contributed by atoms with Crippen molar-refractivity contribution >= 4 is 5.91 Å². The van der Waals surface area contributed by atoms with E-state index in [0.29, 0.717) is 0 Å². The minimum atomic E-state index is -1.18. The number of hydrogen-bond acceptors (Lipinski definition) is 2. The number of hydrogen-bond donors (Lipinski definition) is 2. The Hall–Kier alpha value is -1.87. The van der Waals surface area contributed by atoms with Gasteiger partial charge in [0.25, 0.3) is 0 Å². The number of rotatable bonds is 8. The fourth-order valence-corrected chi connectivity index (χ4v) is 1.27. The van der Waals surface area contributed by atoms with E-state index in [1.54, 1.807) is 6.08 Å². The van der Waals surface area contributed by atoms with Gasteiger partial charge in [-0.25, -0.2) is 0 Å². The van der Waals surface area contributed by atoms with Gasteiger partial charge in [-0.1, -0.05) is 54.7 Å². The molecule has 0 radical (unpaired) electrons. The number of aliphatic hydroxyl groups is 1. The molecule has 0 spiro atoms. The molecular formula is C17H25NO2. The molecule has 2 N–H and O–H groups in total. The Morgan fingerprint density at radius 1 is 1.00 bits per heavy atom. The van der Waals surface area contributed by atoms with Gasteiger partial charge < -0.3 is 10.4 Å². The first-order valence-corrected chi connectivity index (χ1v) is 6.78. The van der Waals surface area contributed by atoms with Gasteiger partial charge in [0, 0.05) is 6.08 Å². The molecule has 0 aromatic rings. The Morgan fingerprint density at radius 2 is 1.55 bits per heavy atom. The molecule has 0 unspecified atom stereocenters. The molecule has 110 valence electrons. The topological polar surface area (TPSA) is 49.3 Å². The van der Waals surface area contributed by atoms with Gasteiger partial charge in [-0.3, -0.25) is 4.79 Å². The maximum Gasteiger partial charge on any atom is 0.246 e. The molecular weight excluding hydrogens is 250 g/mol. The van der Waals surface area contributed by atoms with Gasteiger partial charge in [0.05, 0.1) is 0 Å². The maximum atomic E-state index is 11.3. The van der Waals surface area contributed by atoms with Crippen LogP contribution in [0.5, 0.6) is 0 Å². The van der Waals surface area contributed by atoms with Gasteiger partial charge in [0.2, 0.25) is 5.91 Å². The van der Waals surface area contributed by atoms with E-state index in [9.17, 15) is 9.90 Å². The van der Waals surface area contributed by atoms with Crippen LogP contribution in [0.2, 0.25) is 0 Å². The molecule has 20 heavy (non-hydrogen) atoms. The zero-order chi connectivity index (χ0) is 15.3. The first-order chi connectivity index (χ1) is 9.45. The molecule has 0 saturated carbocycles. The predicted octanol–water partition coefficient (Wildman–Crippen LogP) is 3.41. The Balaban J connectivity index is 3.79. The van der Waals surface area contributed by atoms with Crippen LogP contribution in [0.1, 0.15) is 33.6 Å². The molecule has 0 atom stereocenters.